The van der Waals surface area contributed by atoms with Gasteiger partial charge in [0.1, 0.15) is 12.1 Å². The van der Waals surface area contributed by atoms with Gasteiger partial charge in [-0.05, 0) is 18.4 Å². The lowest BCUT2D eigenvalue weighted by Gasteiger charge is -2.11. The maximum atomic E-state index is 15.5. The smallest absolute Gasteiger partial charge is 0.408 e. The van der Waals surface area contributed by atoms with Gasteiger partial charge in [-0.2, -0.15) is 37.3 Å². The van der Waals surface area contributed by atoms with Crippen LogP contribution in [0.25, 0.3) is 27.8 Å². The summed E-state index contributed by atoms with van der Waals surface area (Å²) in [5.41, 5.74) is 1.11. The molecule has 10 nitrogen and oxygen atoms in total. The first-order chi connectivity index (χ1) is 18.2. The van der Waals surface area contributed by atoms with Crippen molar-refractivity contribution in [1.29, 1.82) is 0 Å². The molecule has 1 aliphatic rings. The average Bonchev–Trinajstić information content (AvgIpc) is 3.44. The van der Waals surface area contributed by atoms with Gasteiger partial charge >= 0.3 is 12.2 Å². The molecule has 1 unspecified atom stereocenters. The van der Waals surface area contributed by atoms with Crippen LogP contribution in [0.15, 0.2) is 30.9 Å². The standard InChI is InChI=1S/C23H17F5N8O2/c1-37-21-14(7-31-22(33-21)38-2)15-4-13(20-30-8-16(24)36(20)34-15)11-3-12(11)18-17(25)19-10(5-29-18)6-32-35(19)9-23(26,27)28/h4-8,11-12H,3,9H2,1-2H3/t11?,12-/m0/s1. The summed E-state index contributed by atoms with van der Waals surface area (Å²) < 4.78 is 81.0. The molecule has 38 heavy (non-hydrogen) atoms. The molecule has 0 spiro atoms. The third-order valence-electron chi connectivity index (χ3n) is 6.35. The molecule has 0 N–H and O–H groups in total. The lowest BCUT2D eigenvalue weighted by molar-refractivity contribution is -0.141. The van der Waals surface area contributed by atoms with Gasteiger partial charge in [-0.3, -0.25) is 9.67 Å². The van der Waals surface area contributed by atoms with Crippen LogP contribution >= 0.6 is 0 Å². The highest BCUT2D eigenvalue weighted by molar-refractivity contribution is 5.79. The zero-order chi connectivity index (χ0) is 26.8. The molecular formula is C23H17F5N8O2. The maximum absolute atomic E-state index is 15.5. The van der Waals surface area contributed by atoms with Crippen LogP contribution in [-0.2, 0) is 6.54 Å². The number of halogens is 5. The van der Waals surface area contributed by atoms with Crippen LogP contribution in [0.5, 0.6) is 11.9 Å². The number of fused-ring (bicyclic) bond motifs is 2. The van der Waals surface area contributed by atoms with Crippen molar-refractivity contribution in [3.8, 4) is 23.1 Å². The monoisotopic (exact) mass is 532 g/mol. The summed E-state index contributed by atoms with van der Waals surface area (Å²) in [6.07, 6.45) is 0.695. The molecule has 1 saturated carbocycles. The Morgan fingerprint density at radius 2 is 1.82 bits per heavy atom. The number of nitrogens with zero attached hydrogens (tertiary/aromatic N) is 8. The fraction of sp³-hybridized carbons (Fsp3) is 0.304. The molecule has 1 fully saturated rings. The van der Waals surface area contributed by atoms with E-state index in [9.17, 15) is 17.6 Å². The average molecular weight is 532 g/mol. The van der Waals surface area contributed by atoms with Crippen LogP contribution in [0, 0.1) is 11.8 Å². The van der Waals surface area contributed by atoms with E-state index in [4.69, 9.17) is 9.47 Å². The molecule has 5 heterocycles. The molecule has 2 atom stereocenters. The van der Waals surface area contributed by atoms with Crippen molar-refractivity contribution in [2.24, 2.45) is 0 Å². The van der Waals surface area contributed by atoms with Crippen molar-refractivity contribution in [3.05, 3.63) is 53.9 Å². The van der Waals surface area contributed by atoms with E-state index < -0.39 is 30.4 Å². The Morgan fingerprint density at radius 3 is 2.55 bits per heavy atom. The van der Waals surface area contributed by atoms with Gasteiger partial charge in [-0.25, -0.2) is 14.4 Å². The van der Waals surface area contributed by atoms with Gasteiger partial charge in [-0.15, -0.1) is 0 Å². The van der Waals surface area contributed by atoms with Gasteiger partial charge in [0.25, 0.3) is 0 Å². The fourth-order valence-electron chi connectivity index (χ4n) is 4.59. The first kappa shape index (κ1) is 23.9. The molecule has 0 saturated heterocycles. The number of rotatable bonds is 6. The van der Waals surface area contributed by atoms with Gasteiger partial charge in [-0.1, -0.05) is 0 Å². The van der Waals surface area contributed by atoms with Gasteiger partial charge in [0.15, 0.2) is 11.5 Å². The van der Waals surface area contributed by atoms with E-state index in [2.05, 4.69) is 30.1 Å². The second kappa shape index (κ2) is 8.56. The van der Waals surface area contributed by atoms with E-state index in [1.807, 2.05) is 0 Å². The number of methoxy groups -OCH3 is 2. The van der Waals surface area contributed by atoms with Gasteiger partial charge in [0, 0.05) is 29.3 Å². The summed E-state index contributed by atoms with van der Waals surface area (Å²) in [4.78, 5) is 16.5. The van der Waals surface area contributed by atoms with Crippen LogP contribution in [-0.4, -0.2) is 59.7 Å². The number of imidazole rings is 1. The number of alkyl halides is 3. The van der Waals surface area contributed by atoms with Crippen molar-refractivity contribution < 1.29 is 31.4 Å². The van der Waals surface area contributed by atoms with Crippen LogP contribution < -0.4 is 9.47 Å². The van der Waals surface area contributed by atoms with E-state index in [-0.39, 0.29) is 45.7 Å². The van der Waals surface area contributed by atoms with Crippen molar-refractivity contribution in [2.75, 3.05) is 14.2 Å². The van der Waals surface area contributed by atoms with E-state index in [0.29, 0.717) is 22.2 Å². The number of hydrogen-bond donors (Lipinski definition) is 0. The molecule has 196 valence electrons. The molecular weight excluding hydrogens is 515 g/mol. The molecule has 0 radical (unpaired) electrons. The van der Waals surface area contributed by atoms with E-state index >= 15 is 4.39 Å². The van der Waals surface area contributed by atoms with Crippen molar-refractivity contribution >= 4 is 16.6 Å². The van der Waals surface area contributed by atoms with E-state index in [1.54, 1.807) is 6.07 Å². The third kappa shape index (κ3) is 3.94. The molecule has 0 aliphatic heterocycles. The van der Waals surface area contributed by atoms with Gasteiger partial charge in [0.2, 0.25) is 11.8 Å². The zero-order valence-electron chi connectivity index (χ0n) is 19.7. The number of aromatic nitrogens is 8. The lowest BCUT2D eigenvalue weighted by Crippen LogP contribution is -2.19. The lowest BCUT2D eigenvalue weighted by atomic mass is 10.1. The summed E-state index contributed by atoms with van der Waals surface area (Å²) in [6.45, 7) is -1.43. The Hall–Kier alpha value is -4.43. The number of hydrogen-bond acceptors (Lipinski definition) is 8. The highest BCUT2D eigenvalue weighted by Crippen LogP contribution is 2.56. The molecule has 0 aromatic carbocycles. The first-order valence-corrected chi connectivity index (χ1v) is 11.2. The molecule has 1 aliphatic carbocycles. The predicted octanol–water partition coefficient (Wildman–Crippen LogP) is 4.06. The molecule has 5 aromatic rings. The van der Waals surface area contributed by atoms with Crippen LogP contribution in [0.1, 0.15) is 29.5 Å². The minimum absolute atomic E-state index is 0.000302. The molecule has 0 amide bonds. The second-order valence-electron chi connectivity index (χ2n) is 8.71. The quantitative estimate of drug-likeness (QED) is 0.302. The van der Waals surface area contributed by atoms with E-state index in [0.717, 1.165) is 16.9 Å². The molecule has 15 heteroatoms. The van der Waals surface area contributed by atoms with Crippen LogP contribution in [0.3, 0.4) is 0 Å². The second-order valence-corrected chi connectivity index (χ2v) is 8.71. The highest BCUT2D eigenvalue weighted by Gasteiger charge is 2.45. The fourth-order valence-corrected chi connectivity index (χ4v) is 4.59. The molecule has 0 bridgehead atoms. The first-order valence-electron chi connectivity index (χ1n) is 11.2. The Kier molecular flexibility index (Phi) is 5.39. The van der Waals surface area contributed by atoms with Crippen molar-refractivity contribution in [1.82, 2.24) is 39.3 Å². The summed E-state index contributed by atoms with van der Waals surface area (Å²) in [5.74, 6) is -2.30. The minimum Gasteiger partial charge on any atom is -0.480 e. The third-order valence-corrected chi connectivity index (χ3v) is 6.35. The SMILES string of the molecule is COc1ncc(-c2cc(C3C[C@@H]3c3ncc4cnn(CC(F)(F)F)c4c3F)c3ncc(F)n3n2)c(OC)n1. The minimum atomic E-state index is -4.58. The topological polar surface area (TPSA) is 105 Å². The normalized spacial score (nSPS) is 17.3. The predicted molar refractivity (Wildman–Crippen MR) is 121 cm³/mol. The van der Waals surface area contributed by atoms with Gasteiger partial charge < -0.3 is 9.47 Å². The Balaban J connectivity index is 1.43. The van der Waals surface area contributed by atoms with Crippen molar-refractivity contribution in [3.63, 3.8) is 0 Å². The summed E-state index contributed by atoms with van der Waals surface area (Å²) in [7, 11) is 2.79. The number of ether oxygens (including phenoxy) is 2. The van der Waals surface area contributed by atoms with Crippen LogP contribution in [0.2, 0.25) is 0 Å². The summed E-state index contributed by atoms with van der Waals surface area (Å²) in [5, 5.41) is 8.14. The van der Waals surface area contributed by atoms with E-state index in [1.165, 1.54) is 26.6 Å². The number of pyridine rings is 1. The zero-order valence-corrected chi connectivity index (χ0v) is 19.7. The Labute approximate surface area is 210 Å². The summed E-state index contributed by atoms with van der Waals surface area (Å²) >= 11 is 0. The van der Waals surface area contributed by atoms with Gasteiger partial charge in [0.05, 0.1) is 43.6 Å². The Bertz CT molecular complexity index is 1700. The maximum Gasteiger partial charge on any atom is 0.408 e. The molecule has 6 rings (SSSR count). The van der Waals surface area contributed by atoms with Crippen LogP contribution in [0.4, 0.5) is 22.0 Å². The van der Waals surface area contributed by atoms with Crippen molar-refractivity contribution in [2.45, 2.75) is 31.0 Å². The Morgan fingerprint density at radius 1 is 1.00 bits per heavy atom. The molecule has 5 aromatic heterocycles. The largest absolute Gasteiger partial charge is 0.480 e. The highest BCUT2D eigenvalue weighted by atomic mass is 19.4. The summed E-state index contributed by atoms with van der Waals surface area (Å²) in [6, 6.07) is 1.72.